The molecule has 5 nitrogen and oxygen atoms in total. The topological polar surface area (TPSA) is 76.0 Å². The van der Waals surface area contributed by atoms with Crippen LogP contribution >= 0.6 is 0 Å². The molecule has 0 aliphatic carbocycles. The van der Waals surface area contributed by atoms with Gasteiger partial charge in [0.05, 0.1) is 6.61 Å². The molecule has 0 atom stereocenters. The molecule has 128 valence electrons. The molecule has 0 radical (unpaired) electrons. The van der Waals surface area contributed by atoms with Crippen molar-refractivity contribution in [3.05, 3.63) is 53.6 Å². The Morgan fingerprint density at radius 2 is 1.79 bits per heavy atom. The molecule has 0 fully saturated rings. The summed E-state index contributed by atoms with van der Waals surface area (Å²) in [6, 6.07) is 11.9. The molecular formula is C19H22O5. The summed E-state index contributed by atoms with van der Waals surface area (Å²) in [5, 5.41) is 18.8. The average molecular weight is 330 g/mol. The highest BCUT2D eigenvalue weighted by Crippen LogP contribution is 2.28. The molecule has 24 heavy (non-hydrogen) atoms. The number of rotatable bonds is 9. The Labute approximate surface area is 141 Å². The summed E-state index contributed by atoms with van der Waals surface area (Å²) in [7, 11) is 0. The third-order valence-corrected chi connectivity index (χ3v) is 3.55. The molecule has 0 aliphatic rings. The third kappa shape index (κ3) is 4.91. The van der Waals surface area contributed by atoms with Crippen LogP contribution in [-0.2, 0) is 6.61 Å². The minimum absolute atomic E-state index is 0.141. The summed E-state index contributed by atoms with van der Waals surface area (Å²) in [6.07, 6.45) is 3.35. The SMILES string of the molecule is CCCCCOc1ccc(COc2cccc(O)c2C(=O)O)cc1. The highest BCUT2D eigenvalue weighted by atomic mass is 16.5. The number of unbranched alkanes of at least 4 members (excludes halogenated alkanes) is 2. The number of benzene rings is 2. The lowest BCUT2D eigenvalue weighted by Gasteiger charge is -2.11. The van der Waals surface area contributed by atoms with E-state index in [-0.39, 0.29) is 23.7 Å². The first kappa shape index (κ1) is 17.7. The van der Waals surface area contributed by atoms with Gasteiger partial charge in [0.15, 0.2) is 0 Å². The van der Waals surface area contributed by atoms with Crippen LogP contribution in [0.25, 0.3) is 0 Å². The number of carboxylic acids is 1. The van der Waals surface area contributed by atoms with Crippen molar-refractivity contribution in [1.82, 2.24) is 0 Å². The van der Waals surface area contributed by atoms with Crippen molar-refractivity contribution in [2.75, 3.05) is 6.61 Å². The zero-order valence-electron chi connectivity index (χ0n) is 13.7. The molecule has 2 aromatic carbocycles. The van der Waals surface area contributed by atoms with Crippen LogP contribution in [0.3, 0.4) is 0 Å². The van der Waals surface area contributed by atoms with Gasteiger partial charge in [0, 0.05) is 0 Å². The summed E-state index contributed by atoms with van der Waals surface area (Å²) >= 11 is 0. The molecule has 2 aromatic rings. The van der Waals surface area contributed by atoms with E-state index in [9.17, 15) is 9.90 Å². The standard InChI is InChI=1S/C19H22O5/c1-2-3-4-12-23-15-10-8-14(9-11-15)13-24-17-7-5-6-16(20)18(17)19(21)22/h5-11,20H,2-4,12-13H2,1H3,(H,21,22). The average Bonchev–Trinajstić information content (AvgIpc) is 2.57. The van der Waals surface area contributed by atoms with E-state index in [2.05, 4.69) is 6.92 Å². The number of hydrogen-bond acceptors (Lipinski definition) is 4. The minimum atomic E-state index is -1.22. The first-order valence-corrected chi connectivity index (χ1v) is 8.01. The quantitative estimate of drug-likeness (QED) is 0.673. The van der Waals surface area contributed by atoms with E-state index in [1.807, 2.05) is 24.3 Å². The van der Waals surface area contributed by atoms with Crippen LogP contribution in [0, 0.1) is 0 Å². The van der Waals surface area contributed by atoms with Crippen molar-refractivity contribution in [3.63, 3.8) is 0 Å². The Morgan fingerprint density at radius 3 is 2.46 bits per heavy atom. The normalized spacial score (nSPS) is 10.4. The smallest absolute Gasteiger partial charge is 0.343 e. The van der Waals surface area contributed by atoms with E-state index in [0.29, 0.717) is 6.61 Å². The van der Waals surface area contributed by atoms with E-state index in [4.69, 9.17) is 14.6 Å². The Balaban J connectivity index is 1.93. The van der Waals surface area contributed by atoms with Crippen molar-refractivity contribution in [1.29, 1.82) is 0 Å². The van der Waals surface area contributed by atoms with Crippen LogP contribution in [0.4, 0.5) is 0 Å². The van der Waals surface area contributed by atoms with Gasteiger partial charge in [0.25, 0.3) is 0 Å². The van der Waals surface area contributed by atoms with Gasteiger partial charge in [-0.3, -0.25) is 0 Å². The second-order valence-corrected chi connectivity index (χ2v) is 5.44. The molecule has 2 N–H and O–H groups in total. The molecule has 0 unspecified atom stereocenters. The second kappa shape index (κ2) is 8.82. The fraction of sp³-hybridized carbons (Fsp3) is 0.316. The fourth-order valence-electron chi connectivity index (χ4n) is 2.24. The Bertz CT molecular complexity index is 664. The van der Waals surface area contributed by atoms with Crippen LogP contribution in [0.15, 0.2) is 42.5 Å². The number of carbonyl (C=O) groups is 1. The van der Waals surface area contributed by atoms with Crippen LogP contribution in [0.1, 0.15) is 42.1 Å². The molecule has 0 bridgehead atoms. The van der Waals surface area contributed by atoms with Gasteiger partial charge in [-0.1, -0.05) is 38.0 Å². The number of aromatic hydroxyl groups is 1. The maximum Gasteiger partial charge on any atom is 0.343 e. The molecule has 0 aromatic heterocycles. The lowest BCUT2D eigenvalue weighted by molar-refractivity contribution is 0.0688. The van der Waals surface area contributed by atoms with Crippen molar-refractivity contribution in [2.24, 2.45) is 0 Å². The Morgan fingerprint density at radius 1 is 1.04 bits per heavy atom. The van der Waals surface area contributed by atoms with Crippen molar-refractivity contribution in [2.45, 2.75) is 32.8 Å². The van der Waals surface area contributed by atoms with Gasteiger partial charge in [-0.25, -0.2) is 4.79 Å². The van der Waals surface area contributed by atoms with Crippen LogP contribution < -0.4 is 9.47 Å². The van der Waals surface area contributed by atoms with Gasteiger partial charge in [0.1, 0.15) is 29.4 Å². The van der Waals surface area contributed by atoms with Gasteiger partial charge < -0.3 is 19.7 Å². The predicted molar refractivity (Wildman–Crippen MR) is 90.9 cm³/mol. The van der Waals surface area contributed by atoms with Crippen molar-refractivity contribution in [3.8, 4) is 17.2 Å². The van der Waals surface area contributed by atoms with Gasteiger partial charge in [-0.2, -0.15) is 0 Å². The zero-order chi connectivity index (χ0) is 17.4. The van der Waals surface area contributed by atoms with E-state index < -0.39 is 5.97 Å². The molecule has 0 spiro atoms. The van der Waals surface area contributed by atoms with E-state index in [0.717, 1.165) is 30.6 Å². The zero-order valence-corrected chi connectivity index (χ0v) is 13.7. The fourth-order valence-corrected chi connectivity index (χ4v) is 2.24. The molecule has 0 amide bonds. The molecule has 0 heterocycles. The molecular weight excluding hydrogens is 308 g/mol. The summed E-state index contributed by atoms with van der Waals surface area (Å²) < 4.78 is 11.2. The lowest BCUT2D eigenvalue weighted by atomic mass is 10.1. The molecule has 0 aliphatic heterocycles. The Hall–Kier alpha value is -2.69. The van der Waals surface area contributed by atoms with E-state index in [1.165, 1.54) is 12.1 Å². The van der Waals surface area contributed by atoms with Crippen molar-refractivity contribution >= 4 is 5.97 Å². The van der Waals surface area contributed by atoms with Gasteiger partial charge in [0.2, 0.25) is 0 Å². The Kier molecular flexibility index (Phi) is 6.49. The lowest BCUT2D eigenvalue weighted by Crippen LogP contribution is -2.04. The predicted octanol–water partition coefficient (Wildman–Crippen LogP) is 4.24. The van der Waals surface area contributed by atoms with E-state index in [1.54, 1.807) is 6.07 Å². The number of carboxylic acid groups (broad SMARTS) is 1. The maximum atomic E-state index is 11.2. The third-order valence-electron chi connectivity index (χ3n) is 3.55. The number of phenols is 1. The molecule has 0 saturated carbocycles. The highest BCUT2D eigenvalue weighted by Gasteiger charge is 2.16. The summed E-state index contributed by atoms with van der Waals surface area (Å²) in [5.74, 6) is -0.587. The van der Waals surface area contributed by atoms with E-state index >= 15 is 0 Å². The maximum absolute atomic E-state index is 11.2. The largest absolute Gasteiger partial charge is 0.507 e. The first-order valence-electron chi connectivity index (χ1n) is 8.01. The summed E-state index contributed by atoms with van der Waals surface area (Å²) in [4.78, 5) is 11.2. The monoisotopic (exact) mass is 330 g/mol. The molecule has 2 rings (SSSR count). The van der Waals surface area contributed by atoms with Crippen LogP contribution in [-0.4, -0.2) is 22.8 Å². The molecule has 0 saturated heterocycles. The van der Waals surface area contributed by atoms with Gasteiger partial charge >= 0.3 is 5.97 Å². The number of hydrogen-bond donors (Lipinski definition) is 2. The van der Waals surface area contributed by atoms with Crippen LogP contribution in [0.2, 0.25) is 0 Å². The van der Waals surface area contributed by atoms with Crippen molar-refractivity contribution < 1.29 is 24.5 Å². The number of ether oxygens (including phenoxy) is 2. The van der Waals surface area contributed by atoms with Crippen LogP contribution in [0.5, 0.6) is 17.2 Å². The number of aromatic carboxylic acids is 1. The van der Waals surface area contributed by atoms with Gasteiger partial charge in [-0.15, -0.1) is 0 Å². The van der Waals surface area contributed by atoms with Gasteiger partial charge in [-0.05, 0) is 36.2 Å². The summed E-state index contributed by atoms with van der Waals surface area (Å²) in [5.41, 5.74) is 0.656. The summed E-state index contributed by atoms with van der Waals surface area (Å²) in [6.45, 7) is 3.06. The minimum Gasteiger partial charge on any atom is -0.507 e. The molecule has 5 heteroatoms. The highest BCUT2D eigenvalue weighted by molar-refractivity contribution is 5.93. The second-order valence-electron chi connectivity index (χ2n) is 5.44. The first-order chi connectivity index (χ1) is 11.6.